The van der Waals surface area contributed by atoms with Gasteiger partial charge in [-0.15, -0.1) is 0 Å². The van der Waals surface area contributed by atoms with E-state index in [1.807, 2.05) is 30.9 Å². The molecular weight excluding hydrogens is 360 g/mol. The van der Waals surface area contributed by atoms with E-state index in [0.29, 0.717) is 30.4 Å². The minimum atomic E-state index is -0.401. The molecule has 0 saturated carbocycles. The molecule has 0 aliphatic carbocycles. The van der Waals surface area contributed by atoms with Crippen molar-refractivity contribution in [1.82, 2.24) is 15.6 Å². The second-order valence-electron chi connectivity index (χ2n) is 7.67. The number of guanidine groups is 1. The Morgan fingerprint density at radius 2 is 1.96 bits per heavy atom. The number of aliphatic imine (C=N–C) groups is 1. The second kappa shape index (κ2) is 8.54. The van der Waals surface area contributed by atoms with Crippen molar-refractivity contribution in [2.24, 2.45) is 4.99 Å². The van der Waals surface area contributed by atoms with Crippen molar-refractivity contribution in [3.05, 3.63) is 59.8 Å². The maximum atomic E-state index is 14.1. The van der Waals surface area contributed by atoms with Crippen LogP contribution in [0.4, 0.5) is 14.6 Å². The summed E-state index contributed by atoms with van der Waals surface area (Å²) in [5.74, 6) is 0.520. The Hall–Kier alpha value is -2.70. The zero-order valence-corrected chi connectivity index (χ0v) is 16.5. The van der Waals surface area contributed by atoms with E-state index in [-0.39, 0.29) is 17.7 Å². The van der Waals surface area contributed by atoms with E-state index < -0.39 is 5.41 Å². The van der Waals surface area contributed by atoms with Gasteiger partial charge >= 0.3 is 0 Å². The highest BCUT2D eigenvalue weighted by atomic mass is 19.1. The lowest BCUT2D eigenvalue weighted by atomic mass is 9.84. The van der Waals surface area contributed by atoms with Crippen LogP contribution >= 0.6 is 0 Å². The Bertz CT molecular complexity index is 837. The molecule has 1 saturated heterocycles. The molecule has 150 valence electrons. The van der Waals surface area contributed by atoms with Gasteiger partial charge in [0, 0.05) is 44.3 Å². The molecule has 1 aliphatic heterocycles. The molecule has 0 amide bonds. The lowest BCUT2D eigenvalue weighted by Crippen LogP contribution is -2.48. The number of rotatable bonds is 5. The number of halogens is 2. The predicted octanol–water partition coefficient (Wildman–Crippen LogP) is 3.08. The van der Waals surface area contributed by atoms with Gasteiger partial charge < -0.3 is 15.5 Å². The first-order valence-electron chi connectivity index (χ1n) is 9.48. The number of hydrogen-bond donors (Lipinski definition) is 2. The Labute approximate surface area is 164 Å². The summed E-state index contributed by atoms with van der Waals surface area (Å²) in [4.78, 5) is 10.4. The summed E-state index contributed by atoms with van der Waals surface area (Å²) in [5.41, 5.74) is 0.262. The van der Waals surface area contributed by atoms with Crippen LogP contribution < -0.4 is 15.5 Å². The van der Waals surface area contributed by atoms with E-state index in [4.69, 9.17) is 0 Å². The highest BCUT2D eigenvalue weighted by Gasteiger charge is 2.27. The quantitative estimate of drug-likeness (QED) is 0.612. The lowest BCUT2D eigenvalue weighted by molar-refractivity contribution is 0.471. The number of pyridine rings is 1. The molecule has 0 bridgehead atoms. The molecule has 28 heavy (non-hydrogen) atoms. The van der Waals surface area contributed by atoms with Crippen LogP contribution in [0.1, 0.15) is 25.8 Å². The monoisotopic (exact) mass is 387 g/mol. The van der Waals surface area contributed by atoms with E-state index in [1.54, 1.807) is 25.4 Å². The first kappa shape index (κ1) is 20.0. The number of aromatic nitrogens is 1. The predicted molar refractivity (Wildman–Crippen MR) is 109 cm³/mol. The van der Waals surface area contributed by atoms with Gasteiger partial charge in [0.05, 0.1) is 0 Å². The van der Waals surface area contributed by atoms with E-state index in [0.717, 1.165) is 13.0 Å². The van der Waals surface area contributed by atoms with E-state index in [1.165, 1.54) is 12.1 Å². The van der Waals surface area contributed by atoms with Crippen LogP contribution in [-0.4, -0.2) is 43.7 Å². The second-order valence-corrected chi connectivity index (χ2v) is 7.67. The lowest BCUT2D eigenvalue weighted by Gasteiger charge is -2.28. The van der Waals surface area contributed by atoms with Gasteiger partial charge in [0.1, 0.15) is 5.82 Å². The molecule has 1 aromatic heterocycles. The van der Waals surface area contributed by atoms with Crippen molar-refractivity contribution in [3.63, 3.8) is 0 Å². The van der Waals surface area contributed by atoms with Gasteiger partial charge in [-0.3, -0.25) is 4.99 Å². The van der Waals surface area contributed by atoms with Crippen molar-refractivity contribution >= 4 is 11.8 Å². The van der Waals surface area contributed by atoms with E-state index >= 15 is 0 Å². The Kier molecular flexibility index (Phi) is 6.11. The first-order chi connectivity index (χ1) is 13.4. The summed E-state index contributed by atoms with van der Waals surface area (Å²) in [5, 5.41) is 6.67. The maximum absolute atomic E-state index is 14.1. The van der Waals surface area contributed by atoms with Crippen LogP contribution in [0.3, 0.4) is 0 Å². The van der Waals surface area contributed by atoms with Crippen LogP contribution in [0.2, 0.25) is 0 Å². The van der Waals surface area contributed by atoms with Crippen LogP contribution in [0.25, 0.3) is 0 Å². The average Bonchev–Trinajstić information content (AvgIpc) is 3.14. The summed E-state index contributed by atoms with van der Waals surface area (Å²) < 4.78 is 28.1. The number of benzene rings is 1. The molecule has 1 unspecified atom stereocenters. The molecule has 2 heterocycles. The summed E-state index contributed by atoms with van der Waals surface area (Å²) in [6.07, 6.45) is 2.46. The standard InChI is InChI=1S/C21H27F2N5/c1-21(2,16-7-4-5-8-17(16)22)14-26-20(24-3)27-15-10-12-28(13-15)19-18(23)9-6-11-25-19/h4-9,11,15H,10,12-14H2,1-3H3,(H2,24,26,27). The molecule has 2 aromatic rings. The fourth-order valence-corrected chi connectivity index (χ4v) is 3.48. The average molecular weight is 387 g/mol. The largest absolute Gasteiger partial charge is 0.356 e. The Morgan fingerprint density at radius 3 is 2.68 bits per heavy atom. The zero-order chi connectivity index (χ0) is 20.1. The highest BCUT2D eigenvalue weighted by molar-refractivity contribution is 5.80. The van der Waals surface area contributed by atoms with Crippen molar-refractivity contribution < 1.29 is 8.78 Å². The third-order valence-electron chi connectivity index (χ3n) is 5.09. The molecule has 7 heteroatoms. The maximum Gasteiger partial charge on any atom is 0.191 e. The van der Waals surface area contributed by atoms with Gasteiger partial charge in [0.2, 0.25) is 0 Å². The fraction of sp³-hybridized carbons (Fsp3) is 0.429. The molecule has 1 atom stereocenters. The molecular formula is C21H27F2N5. The van der Waals surface area contributed by atoms with Crippen LogP contribution in [0, 0.1) is 11.6 Å². The molecule has 5 nitrogen and oxygen atoms in total. The molecule has 2 N–H and O–H groups in total. The molecule has 1 fully saturated rings. The van der Waals surface area contributed by atoms with Crippen molar-refractivity contribution in [3.8, 4) is 0 Å². The smallest absolute Gasteiger partial charge is 0.191 e. The van der Waals surface area contributed by atoms with Gasteiger partial charge in [-0.2, -0.15) is 0 Å². The summed E-state index contributed by atoms with van der Waals surface area (Å²) >= 11 is 0. The number of nitrogens with one attached hydrogen (secondary N) is 2. The summed E-state index contributed by atoms with van der Waals surface area (Å²) in [6, 6.07) is 9.97. The van der Waals surface area contributed by atoms with Crippen molar-refractivity contribution in [1.29, 1.82) is 0 Å². The molecule has 1 aromatic carbocycles. The normalized spacial score (nSPS) is 17.7. The minimum Gasteiger partial charge on any atom is -0.356 e. The van der Waals surface area contributed by atoms with Gasteiger partial charge in [-0.25, -0.2) is 13.8 Å². The third-order valence-corrected chi connectivity index (χ3v) is 5.09. The fourth-order valence-electron chi connectivity index (χ4n) is 3.48. The third kappa shape index (κ3) is 4.58. The van der Waals surface area contributed by atoms with Gasteiger partial charge in [0.15, 0.2) is 17.6 Å². The molecule has 3 rings (SSSR count). The SMILES string of the molecule is CN=C(NCC(C)(C)c1ccccc1F)NC1CCN(c2ncccc2F)C1. The van der Waals surface area contributed by atoms with E-state index in [9.17, 15) is 8.78 Å². The molecule has 0 radical (unpaired) electrons. The van der Waals surface area contributed by atoms with Crippen LogP contribution in [-0.2, 0) is 5.41 Å². The van der Waals surface area contributed by atoms with Crippen molar-refractivity contribution in [2.75, 3.05) is 31.6 Å². The van der Waals surface area contributed by atoms with Crippen LogP contribution in [0.5, 0.6) is 0 Å². The van der Waals surface area contributed by atoms with Gasteiger partial charge in [-0.1, -0.05) is 32.0 Å². The summed E-state index contributed by atoms with van der Waals surface area (Å²) in [6.45, 7) is 5.88. The van der Waals surface area contributed by atoms with Crippen molar-refractivity contribution in [2.45, 2.75) is 31.7 Å². The van der Waals surface area contributed by atoms with Crippen LogP contribution in [0.15, 0.2) is 47.6 Å². The van der Waals surface area contributed by atoms with Gasteiger partial charge in [0.25, 0.3) is 0 Å². The number of nitrogens with zero attached hydrogens (tertiary/aromatic N) is 3. The Balaban J connectivity index is 1.57. The number of anilines is 1. The zero-order valence-electron chi connectivity index (χ0n) is 16.5. The minimum absolute atomic E-state index is 0.129. The van der Waals surface area contributed by atoms with E-state index in [2.05, 4.69) is 20.6 Å². The number of hydrogen-bond acceptors (Lipinski definition) is 3. The Morgan fingerprint density at radius 1 is 1.21 bits per heavy atom. The topological polar surface area (TPSA) is 52.6 Å². The molecule has 0 spiro atoms. The summed E-state index contributed by atoms with van der Waals surface area (Å²) in [7, 11) is 1.70. The highest BCUT2D eigenvalue weighted by Crippen LogP contribution is 2.25. The van der Waals surface area contributed by atoms with Gasteiger partial charge in [-0.05, 0) is 30.2 Å². The first-order valence-corrected chi connectivity index (χ1v) is 9.48. The molecule has 1 aliphatic rings.